The number of hydrogen-bond acceptors (Lipinski definition) is 4. The molecule has 1 amide bonds. The second-order valence-corrected chi connectivity index (χ2v) is 7.94. The van der Waals surface area contributed by atoms with Gasteiger partial charge in [0.15, 0.2) is 0 Å². The highest BCUT2D eigenvalue weighted by Crippen LogP contribution is 2.29. The largest absolute Gasteiger partial charge is 0.381 e. The summed E-state index contributed by atoms with van der Waals surface area (Å²) < 4.78 is 0. The number of nitrogens with zero attached hydrogens (tertiary/aromatic N) is 1. The minimum atomic E-state index is -0.175. The van der Waals surface area contributed by atoms with Crippen LogP contribution in [0.4, 0.5) is 11.5 Å². The number of amides is 1. The van der Waals surface area contributed by atoms with Gasteiger partial charge in [0.25, 0.3) is 5.91 Å². The van der Waals surface area contributed by atoms with Crippen LogP contribution in [0.1, 0.15) is 43.5 Å². The summed E-state index contributed by atoms with van der Waals surface area (Å²) in [5, 5.41) is 10.6. The molecular formula is C22H29ClN4O. The van der Waals surface area contributed by atoms with Crippen LogP contribution < -0.4 is 16.0 Å². The van der Waals surface area contributed by atoms with E-state index < -0.39 is 0 Å². The minimum absolute atomic E-state index is 0.175. The van der Waals surface area contributed by atoms with Gasteiger partial charge in [0.2, 0.25) is 0 Å². The van der Waals surface area contributed by atoms with Crippen molar-refractivity contribution < 1.29 is 4.79 Å². The number of nitrogens with one attached hydrogen (secondary N) is 3. The van der Waals surface area contributed by atoms with Crippen molar-refractivity contribution in [3.8, 4) is 0 Å². The van der Waals surface area contributed by atoms with Crippen LogP contribution in [0.15, 0.2) is 42.6 Å². The van der Waals surface area contributed by atoms with Crippen LogP contribution in [0.5, 0.6) is 0 Å². The predicted molar refractivity (Wildman–Crippen MR) is 116 cm³/mol. The smallest absolute Gasteiger partial charge is 0.258 e. The van der Waals surface area contributed by atoms with E-state index in [0.717, 1.165) is 38.0 Å². The standard InChI is InChI=1S/C22H29ClN4O/c1-3-15(2)21(16-10-12-24-13-11-16)26-19-7-5-4-6-18(19)22(28)27-20-9-8-17(23)14-25-20/h4-9,14-16,21,24,26H,3,10-13H2,1-2H3,(H,25,27,28). The first kappa shape index (κ1) is 20.6. The van der Waals surface area contributed by atoms with Crippen molar-refractivity contribution in [2.24, 2.45) is 11.8 Å². The molecule has 0 bridgehead atoms. The molecule has 1 aliphatic heterocycles. The Kier molecular flexibility index (Phi) is 7.29. The van der Waals surface area contributed by atoms with Crippen molar-refractivity contribution in [1.29, 1.82) is 0 Å². The summed E-state index contributed by atoms with van der Waals surface area (Å²) in [6.07, 6.45) is 4.94. The summed E-state index contributed by atoms with van der Waals surface area (Å²) >= 11 is 5.88. The Balaban J connectivity index is 1.79. The van der Waals surface area contributed by atoms with Crippen LogP contribution in [0.3, 0.4) is 0 Å². The molecule has 2 aromatic rings. The maximum atomic E-state index is 12.9. The van der Waals surface area contributed by atoms with Gasteiger partial charge in [0, 0.05) is 17.9 Å². The molecule has 5 nitrogen and oxygen atoms in total. The summed E-state index contributed by atoms with van der Waals surface area (Å²) in [6.45, 7) is 6.64. The van der Waals surface area contributed by atoms with E-state index in [2.05, 4.69) is 34.8 Å². The summed E-state index contributed by atoms with van der Waals surface area (Å²) in [4.78, 5) is 17.0. The molecule has 0 radical (unpaired) electrons. The van der Waals surface area contributed by atoms with E-state index in [1.807, 2.05) is 24.3 Å². The van der Waals surface area contributed by atoms with Crippen LogP contribution in [-0.4, -0.2) is 30.0 Å². The van der Waals surface area contributed by atoms with Crippen LogP contribution in [-0.2, 0) is 0 Å². The van der Waals surface area contributed by atoms with Crippen LogP contribution in [0.2, 0.25) is 5.02 Å². The lowest BCUT2D eigenvalue weighted by molar-refractivity contribution is 0.102. The number of para-hydroxylation sites is 1. The average molecular weight is 401 g/mol. The second-order valence-electron chi connectivity index (χ2n) is 7.50. The normalized spacial score (nSPS) is 17.0. The lowest BCUT2D eigenvalue weighted by Crippen LogP contribution is -2.41. The predicted octanol–water partition coefficient (Wildman–Crippen LogP) is 4.81. The number of piperidine rings is 1. The molecule has 1 aromatic carbocycles. The van der Waals surface area contributed by atoms with Gasteiger partial charge in [-0.15, -0.1) is 0 Å². The first-order valence-corrected chi connectivity index (χ1v) is 10.5. The molecule has 1 aromatic heterocycles. The van der Waals surface area contributed by atoms with E-state index in [1.54, 1.807) is 12.1 Å². The number of anilines is 2. The number of halogens is 1. The molecule has 0 saturated carbocycles. The third-order valence-electron chi connectivity index (χ3n) is 5.61. The lowest BCUT2D eigenvalue weighted by atomic mass is 9.82. The molecule has 0 aliphatic carbocycles. The number of benzene rings is 1. The first-order valence-electron chi connectivity index (χ1n) is 10.1. The van der Waals surface area contributed by atoms with Crippen molar-refractivity contribution in [1.82, 2.24) is 10.3 Å². The number of aromatic nitrogens is 1. The zero-order valence-electron chi connectivity index (χ0n) is 16.5. The molecule has 2 atom stereocenters. The lowest BCUT2D eigenvalue weighted by Gasteiger charge is -2.36. The van der Waals surface area contributed by atoms with Crippen LogP contribution >= 0.6 is 11.6 Å². The van der Waals surface area contributed by atoms with Crippen molar-refractivity contribution in [2.75, 3.05) is 23.7 Å². The number of carbonyl (C=O) groups excluding carboxylic acids is 1. The Hall–Kier alpha value is -2.11. The van der Waals surface area contributed by atoms with E-state index in [-0.39, 0.29) is 5.91 Å². The molecular weight excluding hydrogens is 372 g/mol. The van der Waals surface area contributed by atoms with Crippen molar-refractivity contribution >= 4 is 29.0 Å². The molecule has 1 saturated heterocycles. The van der Waals surface area contributed by atoms with Gasteiger partial charge in [0.1, 0.15) is 5.82 Å². The third kappa shape index (κ3) is 5.24. The molecule has 6 heteroatoms. The van der Waals surface area contributed by atoms with E-state index >= 15 is 0 Å². The third-order valence-corrected chi connectivity index (χ3v) is 5.84. The van der Waals surface area contributed by atoms with Gasteiger partial charge in [-0.25, -0.2) is 4.98 Å². The Morgan fingerprint density at radius 2 is 2.00 bits per heavy atom. The number of pyridine rings is 1. The van der Waals surface area contributed by atoms with Gasteiger partial charge in [-0.05, 0) is 62.0 Å². The quantitative estimate of drug-likeness (QED) is 0.623. The maximum absolute atomic E-state index is 12.9. The van der Waals surface area contributed by atoms with Crippen molar-refractivity contribution in [2.45, 2.75) is 39.2 Å². The number of rotatable bonds is 7. The highest BCUT2D eigenvalue weighted by molar-refractivity contribution is 6.30. The molecule has 2 unspecified atom stereocenters. The molecule has 150 valence electrons. The zero-order valence-corrected chi connectivity index (χ0v) is 17.3. The van der Waals surface area contributed by atoms with Gasteiger partial charge < -0.3 is 16.0 Å². The molecule has 28 heavy (non-hydrogen) atoms. The van der Waals surface area contributed by atoms with E-state index in [4.69, 9.17) is 11.6 Å². The van der Waals surface area contributed by atoms with Crippen LogP contribution in [0.25, 0.3) is 0 Å². The fourth-order valence-electron chi connectivity index (χ4n) is 3.80. The fourth-order valence-corrected chi connectivity index (χ4v) is 3.91. The summed E-state index contributed by atoms with van der Waals surface area (Å²) in [7, 11) is 0. The van der Waals surface area contributed by atoms with Gasteiger partial charge in [-0.3, -0.25) is 4.79 Å². The average Bonchev–Trinajstić information content (AvgIpc) is 2.74. The van der Waals surface area contributed by atoms with Gasteiger partial charge >= 0.3 is 0 Å². The molecule has 3 N–H and O–H groups in total. The monoisotopic (exact) mass is 400 g/mol. The van der Waals surface area contributed by atoms with E-state index in [0.29, 0.717) is 34.3 Å². The Morgan fingerprint density at radius 1 is 1.25 bits per heavy atom. The van der Waals surface area contributed by atoms with Gasteiger partial charge in [-0.2, -0.15) is 0 Å². The van der Waals surface area contributed by atoms with E-state index in [1.165, 1.54) is 6.20 Å². The van der Waals surface area contributed by atoms with Gasteiger partial charge in [-0.1, -0.05) is 44.0 Å². The minimum Gasteiger partial charge on any atom is -0.381 e. The molecule has 3 rings (SSSR count). The highest BCUT2D eigenvalue weighted by atomic mass is 35.5. The fraction of sp³-hybridized carbons (Fsp3) is 0.455. The van der Waals surface area contributed by atoms with Crippen LogP contribution in [0, 0.1) is 11.8 Å². The van der Waals surface area contributed by atoms with E-state index in [9.17, 15) is 4.79 Å². The Bertz CT molecular complexity index is 774. The van der Waals surface area contributed by atoms with Crippen molar-refractivity contribution in [3.05, 3.63) is 53.2 Å². The molecule has 1 fully saturated rings. The Labute approximate surface area is 172 Å². The molecule has 2 heterocycles. The molecule has 0 spiro atoms. The first-order chi connectivity index (χ1) is 13.6. The SMILES string of the molecule is CCC(C)C(Nc1ccccc1C(=O)Nc1ccc(Cl)cn1)C1CCNCC1. The number of carbonyl (C=O) groups is 1. The highest BCUT2D eigenvalue weighted by Gasteiger charge is 2.28. The molecule has 1 aliphatic rings. The van der Waals surface area contributed by atoms with Gasteiger partial charge in [0.05, 0.1) is 10.6 Å². The topological polar surface area (TPSA) is 66.0 Å². The second kappa shape index (κ2) is 9.89. The number of hydrogen-bond donors (Lipinski definition) is 3. The zero-order chi connectivity index (χ0) is 19.9. The maximum Gasteiger partial charge on any atom is 0.258 e. The van der Waals surface area contributed by atoms with Crippen molar-refractivity contribution in [3.63, 3.8) is 0 Å². The summed E-state index contributed by atoms with van der Waals surface area (Å²) in [6, 6.07) is 11.4. The summed E-state index contributed by atoms with van der Waals surface area (Å²) in [5.41, 5.74) is 1.50. The summed E-state index contributed by atoms with van der Waals surface area (Å²) in [5.74, 6) is 1.44. The Morgan fingerprint density at radius 3 is 2.68 bits per heavy atom.